The molecule has 21 heavy (non-hydrogen) atoms. The molecule has 0 saturated heterocycles. The monoisotopic (exact) mass is 283 g/mol. The topological polar surface area (TPSA) is 47.6 Å². The van der Waals surface area contributed by atoms with Gasteiger partial charge in [-0.15, -0.1) is 0 Å². The van der Waals surface area contributed by atoms with Crippen LogP contribution in [0, 0.1) is 0 Å². The van der Waals surface area contributed by atoms with Crippen LogP contribution in [0.15, 0.2) is 42.5 Å². The Morgan fingerprint density at radius 1 is 1.24 bits per heavy atom. The lowest BCUT2D eigenvalue weighted by molar-refractivity contribution is 0.0600. The number of esters is 1. The number of benzene rings is 2. The smallest absolute Gasteiger partial charge is 0.337 e. The molecule has 4 nitrogen and oxygen atoms in total. The van der Waals surface area contributed by atoms with Gasteiger partial charge in [0, 0.05) is 18.7 Å². The Morgan fingerprint density at radius 2 is 2.05 bits per heavy atom. The van der Waals surface area contributed by atoms with Crippen molar-refractivity contribution in [3.8, 4) is 5.75 Å². The number of hydrogen-bond donors (Lipinski definition) is 1. The first-order chi connectivity index (χ1) is 10.3. The van der Waals surface area contributed by atoms with E-state index >= 15 is 0 Å². The quantitative estimate of drug-likeness (QED) is 0.876. The standard InChI is InChI=1S/C17H17NO3/c1-20-17(19)13-4-2-12(3-5-13)11-18-15-6-7-16-14(10-15)8-9-21-16/h2-7,10,18H,8-9,11H2,1H3. The minimum absolute atomic E-state index is 0.312. The number of methoxy groups -OCH3 is 1. The zero-order valence-electron chi connectivity index (χ0n) is 11.9. The third kappa shape index (κ3) is 2.99. The summed E-state index contributed by atoms with van der Waals surface area (Å²) >= 11 is 0. The van der Waals surface area contributed by atoms with E-state index in [9.17, 15) is 4.79 Å². The molecule has 0 radical (unpaired) electrons. The zero-order valence-corrected chi connectivity index (χ0v) is 11.9. The average molecular weight is 283 g/mol. The van der Waals surface area contributed by atoms with Crippen molar-refractivity contribution in [1.29, 1.82) is 0 Å². The van der Waals surface area contributed by atoms with Crippen molar-refractivity contribution in [2.45, 2.75) is 13.0 Å². The summed E-state index contributed by atoms with van der Waals surface area (Å²) in [5.41, 5.74) is 4.01. The van der Waals surface area contributed by atoms with Gasteiger partial charge in [-0.05, 0) is 41.5 Å². The van der Waals surface area contributed by atoms with Gasteiger partial charge < -0.3 is 14.8 Å². The Labute approximate surface area is 123 Å². The molecule has 1 aliphatic heterocycles. The van der Waals surface area contributed by atoms with E-state index in [1.165, 1.54) is 12.7 Å². The molecule has 2 aromatic carbocycles. The lowest BCUT2D eigenvalue weighted by Crippen LogP contribution is -2.03. The highest BCUT2D eigenvalue weighted by Crippen LogP contribution is 2.28. The first kappa shape index (κ1) is 13.5. The zero-order chi connectivity index (χ0) is 14.7. The molecule has 2 aromatic rings. The SMILES string of the molecule is COC(=O)c1ccc(CNc2ccc3c(c2)CCO3)cc1. The van der Waals surface area contributed by atoms with Crippen molar-refractivity contribution in [2.75, 3.05) is 19.0 Å². The third-order valence-electron chi connectivity index (χ3n) is 3.56. The molecule has 1 N–H and O–H groups in total. The Bertz CT molecular complexity index is 650. The summed E-state index contributed by atoms with van der Waals surface area (Å²) in [4.78, 5) is 11.4. The van der Waals surface area contributed by atoms with E-state index in [0.717, 1.165) is 30.0 Å². The normalized spacial score (nSPS) is 12.4. The van der Waals surface area contributed by atoms with E-state index in [0.29, 0.717) is 12.1 Å². The highest BCUT2D eigenvalue weighted by Gasteiger charge is 2.11. The number of fused-ring (bicyclic) bond motifs is 1. The fourth-order valence-electron chi connectivity index (χ4n) is 2.38. The molecule has 0 saturated carbocycles. The first-order valence-corrected chi connectivity index (χ1v) is 6.93. The highest BCUT2D eigenvalue weighted by molar-refractivity contribution is 5.89. The number of ether oxygens (including phenoxy) is 2. The first-order valence-electron chi connectivity index (χ1n) is 6.93. The van der Waals surface area contributed by atoms with E-state index in [-0.39, 0.29) is 5.97 Å². The number of carbonyl (C=O) groups excluding carboxylic acids is 1. The van der Waals surface area contributed by atoms with Crippen molar-refractivity contribution >= 4 is 11.7 Å². The summed E-state index contributed by atoms with van der Waals surface area (Å²) in [5.74, 6) is 0.677. The Kier molecular flexibility index (Phi) is 3.77. The van der Waals surface area contributed by atoms with Gasteiger partial charge in [-0.2, -0.15) is 0 Å². The molecule has 0 fully saturated rings. The summed E-state index contributed by atoms with van der Waals surface area (Å²) in [6.07, 6.45) is 0.971. The van der Waals surface area contributed by atoms with Crippen LogP contribution in [0.25, 0.3) is 0 Å². The lowest BCUT2D eigenvalue weighted by atomic mass is 10.1. The van der Waals surface area contributed by atoms with Crippen molar-refractivity contribution in [3.05, 3.63) is 59.2 Å². The molecular formula is C17H17NO3. The molecule has 108 valence electrons. The predicted octanol–water partition coefficient (Wildman–Crippen LogP) is 3.02. The maximum absolute atomic E-state index is 11.4. The number of hydrogen-bond acceptors (Lipinski definition) is 4. The highest BCUT2D eigenvalue weighted by atomic mass is 16.5. The molecule has 0 aromatic heterocycles. The van der Waals surface area contributed by atoms with Gasteiger partial charge in [0.25, 0.3) is 0 Å². The van der Waals surface area contributed by atoms with Crippen LogP contribution in [0.5, 0.6) is 5.75 Å². The van der Waals surface area contributed by atoms with Crippen molar-refractivity contribution < 1.29 is 14.3 Å². The van der Waals surface area contributed by atoms with Crippen LogP contribution < -0.4 is 10.1 Å². The van der Waals surface area contributed by atoms with Crippen LogP contribution in [0.3, 0.4) is 0 Å². The summed E-state index contributed by atoms with van der Waals surface area (Å²) in [7, 11) is 1.38. The van der Waals surface area contributed by atoms with E-state index in [2.05, 4.69) is 16.1 Å². The second-order valence-corrected chi connectivity index (χ2v) is 4.96. The van der Waals surface area contributed by atoms with Gasteiger partial charge in [0.15, 0.2) is 0 Å². The Morgan fingerprint density at radius 3 is 2.81 bits per heavy atom. The van der Waals surface area contributed by atoms with Gasteiger partial charge in [0.1, 0.15) is 5.75 Å². The van der Waals surface area contributed by atoms with Gasteiger partial charge in [0.05, 0.1) is 19.3 Å². The molecule has 0 bridgehead atoms. The van der Waals surface area contributed by atoms with Crippen molar-refractivity contribution in [3.63, 3.8) is 0 Å². The second-order valence-electron chi connectivity index (χ2n) is 4.96. The van der Waals surface area contributed by atoms with Crippen molar-refractivity contribution in [2.24, 2.45) is 0 Å². The van der Waals surface area contributed by atoms with Crippen LogP contribution in [0.4, 0.5) is 5.69 Å². The molecule has 0 atom stereocenters. The number of anilines is 1. The van der Waals surface area contributed by atoms with Gasteiger partial charge in [-0.3, -0.25) is 0 Å². The number of carbonyl (C=O) groups is 1. The van der Waals surface area contributed by atoms with Crippen LogP contribution in [-0.2, 0) is 17.7 Å². The number of nitrogens with one attached hydrogen (secondary N) is 1. The summed E-state index contributed by atoms with van der Waals surface area (Å²) in [6.45, 7) is 1.48. The molecule has 1 aliphatic rings. The van der Waals surface area contributed by atoms with Gasteiger partial charge in [0.2, 0.25) is 0 Å². The minimum atomic E-state index is -0.312. The summed E-state index contributed by atoms with van der Waals surface area (Å²) < 4.78 is 10.2. The Balaban J connectivity index is 1.63. The molecule has 3 rings (SSSR count). The molecule has 0 aliphatic carbocycles. The number of rotatable bonds is 4. The van der Waals surface area contributed by atoms with E-state index in [1.54, 1.807) is 12.1 Å². The molecular weight excluding hydrogens is 266 g/mol. The molecule has 0 amide bonds. The van der Waals surface area contributed by atoms with Crippen LogP contribution in [0.2, 0.25) is 0 Å². The molecule has 0 unspecified atom stereocenters. The minimum Gasteiger partial charge on any atom is -0.493 e. The second kappa shape index (κ2) is 5.87. The van der Waals surface area contributed by atoms with Gasteiger partial charge >= 0.3 is 5.97 Å². The maximum Gasteiger partial charge on any atom is 0.337 e. The fraction of sp³-hybridized carbons (Fsp3) is 0.235. The Hall–Kier alpha value is -2.49. The van der Waals surface area contributed by atoms with Crippen LogP contribution >= 0.6 is 0 Å². The van der Waals surface area contributed by atoms with Gasteiger partial charge in [-0.25, -0.2) is 4.79 Å². The van der Waals surface area contributed by atoms with E-state index < -0.39 is 0 Å². The van der Waals surface area contributed by atoms with E-state index in [1.807, 2.05) is 24.3 Å². The average Bonchev–Trinajstić information content (AvgIpc) is 3.00. The van der Waals surface area contributed by atoms with Crippen LogP contribution in [-0.4, -0.2) is 19.7 Å². The van der Waals surface area contributed by atoms with Crippen LogP contribution in [0.1, 0.15) is 21.5 Å². The largest absolute Gasteiger partial charge is 0.493 e. The predicted molar refractivity (Wildman–Crippen MR) is 80.7 cm³/mol. The van der Waals surface area contributed by atoms with Gasteiger partial charge in [-0.1, -0.05) is 12.1 Å². The molecule has 0 spiro atoms. The molecule has 1 heterocycles. The summed E-state index contributed by atoms with van der Waals surface area (Å²) in [5, 5.41) is 3.38. The lowest BCUT2D eigenvalue weighted by Gasteiger charge is -2.08. The van der Waals surface area contributed by atoms with E-state index in [4.69, 9.17) is 4.74 Å². The molecule has 4 heteroatoms. The maximum atomic E-state index is 11.4. The van der Waals surface area contributed by atoms with Crippen molar-refractivity contribution in [1.82, 2.24) is 0 Å². The fourth-order valence-corrected chi connectivity index (χ4v) is 2.38. The summed E-state index contributed by atoms with van der Waals surface area (Å²) in [6, 6.07) is 13.6. The third-order valence-corrected chi connectivity index (χ3v) is 3.56.